The molecule has 3 N–H and O–H groups in total. The maximum Gasteiger partial charge on any atom is 0.325 e. The van der Waals surface area contributed by atoms with E-state index in [-0.39, 0.29) is 12.0 Å². The van der Waals surface area contributed by atoms with Gasteiger partial charge in [-0.2, -0.15) is 0 Å². The van der Waals surface area contributed by atoms with Crippen molar-refractivity contribution >= 4 is 19.4 Å². The van der Waals surface area contributed by atoms with Crippen molar-refractivity contribution in [1.29, 1.82) is 0 Å². The maximum atomic E-state index is 14.5. The summed E-state index contributed by atoms with van der Waals surface area (Å²) >= 11 is 1.59. The number of benzene rings is 2. The van der Waals surface area contributed by atoms with Crippen LogP contribution in [-0.2, 0) is 16.5 Å². The van der Waals surface area contributed by atoms with E-state index in [1.165, 1.54) is 50.5 Å². The summed E-state index contributed by atoms with van der Waals surface area (Å²) < 4.78 is 25.4. The van der Waals surface area contributed by atoms with Crippen LogP contribution in [0.5, 0.6) is 0 Å². The second-order valence-electron chi connectivity index (χ2n) is 9.20. The number of thioether (sulfide) groups is 1. The van der Waals surface area contributed by atoms with E-state index in [0.717, 1.165) is 17.7 Å². The van der Waals surface area contributed by atoms with Gasteiger partial charge in [0.25, 0.3) is 0 Å². The van der Waals surface area contributed by atoms with Crippen LogP contribution < -0.4 is 5.32 Å². The molecule has 0 spiro atoms. The second-order valence-corrected chi connectivity index (χ2v) is 12.1. The fraction of sp³-hybridized carbons (Fsp3) is 0.538. The molecule has 1 saturated carbocycles. The van der Waals surface area contributed by atoms with E-state index >= 15 is 0 Å². The maximum absolute atomic E-state index is 14.5. The van der Waals surface area contributed by atoms with Crippen LogP contribution in [0.3, 0.4) is 0 Å². The molecule has 1 fully saturated rings. The Hall–Kier alpha value is -1.17. The van der Waals surface area contributed by atoms with Crippen LogP contribution in [0.25, 0.3) is 0 Å². The highest BCUT2D eigenvalue weighted by Gasteiger charge is 2.32. The Bertz CT molecular complexity index is 900. The van der Waals surface area contributed by atoms with Crippen molar-refractivity contribution in [2.24, 2.45) is 0 Å². The zero-order valence-corrected chi connectivity index (χ0v) is 21.1. The molecule has 0 heterocycles. The number of rotatable bonds is 13. The van der Waals surface area contributed by atoms with Gasteiger partial charge in [0.2, 0.25) is 0 Å². The summed E-state index contributed by atoms with van der Waals surface area (Å²) in [5.41, 5.74) is 2.67. The summed E-state index contributed by atoms with van der Waals surface area (Å²) in [4.78, 5) is 18.4. The lowest BCUT2D eigenvalue weighted by molar-refractivity contribution is 0.268. The molecule has 0 amide bonds. The molecule has 3 rings (SSSR count). The zero-order chi connectivity index (χ0) is 23.6. The number of unbranched alkanes of at least 4 members (excludes halogenated alkanes) is 1. The van der Waals surface area contributed by atoms with E-state index < -0.39 is 7.60 Å². The predicted molar refractivity (Wildman–Crippen MR) is 135 cm³/mol. The SMILES string of the molecule is O=P(O)(O)CCCNCc1ccc(SCCCCC2(c3ccccc3)CCCCC2)c(F)c1. The minimum absolute atomic E-state index is 0.129. The Labute approximate surface area is 201 Å². The highest BCUT2D eigenvalue weighted by molar-refractivity contribution is 7.99. The molecule has 0 radical (unpaired) electrons. The first kappa shape index (κ1) is 26.4. The van der Waals surface area contributed by atoms with Crippen LogP contribution in [-0.4, -0.2) is 28.2 Å². The predicted octanol–water partition coefficient (Wildman–Crippen LogP) is 6.65. The Morgan fingerprint density at radius 3 is 2.45 bits per heavy atom. The van der Waals surface area contributed by atoms with E-state index in [0.29, 0.717) is 29.8 Å². The van der Waals surface area contributed by atoms with Crippen molar-refractivity contribution < 1.29 is 18.7 Å². The summed E-state index contributed by atoms with van der Waals surface area (Å²) in [5.74, 6) is 0.726. The summed E-state index contributed by atoms with van der Waals surface area (Å²) in [6, 6.07) is 16.3. The first-order valence-electron chi connectivity index (χ1n) is 12.1. The molecule has 0 bridgehead atoms. The van der Waals surface area contributed by atoms with Crippen molar-refractivity contribution in [2.75, 3.05) is 18.5 Å². The van der Waals surface area contributed by atoms with Gasteiger partial charge in [-0.05, 0) is 73.1 Å². The summed E-state index contributed by atoms with van der Waals surface area (Å²) in [7, 11) is -3.94. The minimum atomic E-state index is -3.94. The van der Waals surface area contributed by atoms with Crippen molar-refractivity contribution in [2.45, 2.75) is 74.6 Å². The van der Waals surface area contributed by atoms with Gasteiger partial charge >= 0.3 is 7.60 Å². The fourth-order valence-electron chi connectivity index (χ4n) is 4.86. The molecule has 33 heavy (non-hydrogen) atoms. The van der Waals surface area contributed by atoms with Gasteiger partial charge in [0.05, 0.1) is 6.16 Å². The quantitative estimate of drug-likeness (QED) is 0.166. The molecule has 0 saturated heterocycles. The Balaban J connectivity index is 1.40. The third kappa shape index (κ3) is 8.84. The molecule has 1 aliphatic carbocycles. The highest BCUT2D eigenvalue weighted by atomic mass is 32.2. The molecule has 0 aromatic heterocycles. The lowest BCUT2D eigenvalue weighted by Crippen LogP contribution is -2.29. The fourth-order valence-corrected chi connectivity index (χ4v) is 6.36. The molecule has 1 aliphatic rings. The van der Waals surface area contributed by atoms with E-state index in [9.17, 15) is 8.96 Å². The summed E-state index contributed by atoms with van der Waals surface area (Å²) in [6.07, 6.45) is 10.3. The molecule has 4 nitrogen and oxygen atoms in total. The third-order valence-electron chi connectivity index (χ3n) is 6.63. The summed E-state index contributed by atoms with van der Waals surface area (Å²) in [5, 5.41) is 3.11. The average Bonchev–Trinajstić information content (AvgIpc) is 2.80. The van der Waals surface area contributed by atoms with Crippen LogP contribution >= 0.6 is 19.4 Å². The molecular weight excluding hydrogens is 456 g/mol. The molecule has 2 aromatic rings. The van der Waals surface area contributed by atoms with Crippen LogP contribution in [0, 0.1) is 5.82 Å². The zero-order valence-electron chi connectivity index (χ0n) is 19.3. The molecule has 0 atom stereocenters. The van der Waals surface area contributed by atoms with Gasteiger partial charge in [-0.15, -0.1) is 11.8 Å². The van der Waals surface area contributed by atoms with E-state index in [2.05, 4.69) is 35.6 Å². The van der Waals surface area contributed by atoms with Crippen molar-refractivity contribution in [1.82, 2.24) is 5.32 Å². The smallest absolute Gasteiger partial charge is 0.324 e. The van der Waals surface area contributed by atoms with Gasteiger partial charge in [-0.1, -0.05) is 62.1 Å². The van der Waals surface area contributed by atoms with Crippen molar-refractivity contribution in [3.63, 3.8) is 0 Å². The van der Waals surface area contributed by atoms with Gasteiger partial charge in [0.1, 0.15) is 5.82 Å². The van der Waals surface area contributed by atoms with E-state index in [4.69, 9.17) is 9.79 Å². The number of nitrogens with one attached hydrogen (secondary N) is 1. The lowest BCUT2D eigenvalue weighted by Gasteiger charge is -2.38. The first-order chi connectivity index (χ1) is 15.9. The van der Waals surface area contributed by atoms with Gasteiger partial charge in [0, 0.05) is 11.4 Å². The molecule has 182 valence electrons. The third-order valence-corrected chi connectivity index (χ3v) is 8.67. The number of hydrogen-bond acceptors (Lipinski definition) is 3. The van der Waals surface area contributed by atoms with Crippen LogP contribution in [0.4, 0.5) is 4.39 Å². The largest absolute Gasteiger partial charge is 0.325 e. The molecule has 0 unspecified atom stereocenters. The normalized spacial score (nSPS) is 16.1. The lowest BCUT2D eigenvalue weighted by atomic mass is 9.67. The summed E-state index contributed by atoms with van der Waals surface area (Å²) in [6.45, 7) is 0.984. The topological polar surface area (TPSA) is 69.6 Å². The van der Waals surface area contributed by atoms with E-state index in [1.807, 2.05) is 12.1 Å². The van der Waals surface area contributed by atoms with Gasteiger partial charge < -0.3 is 15.1 Å². The highest BCUT2D eigenvalue weighted by Crippen LogP contribution is 2.43. The van der Waals surface area contributed by atoms with Crippen LogP contribution in [0.1, 0.15) is 68.9 Å². The second kappa shape index (κ2) is 13.1. The molecule has 2 aromatic carbocycles. The van der Waals surface area contributed by atoms with Gasteiger partial charge in [0.15, 0.2) is 0 Å². The minimum Gasteiger partial charge on any atom is -0.324 e. The Morgan fingerprint density at radius 2 is 1.76 bits per heavy atom. The standard InChI is InChI=1S/C26H37FNO3PS/c27-24-20-22(21-28-17-9-18-32(29,30)31)12-13-25(24)33-19-8-7-16-26(14-5-2-6-15-26)23-10-3-1-4-11-23/h1,3-4,10-13,20,28H,2,5-9,14-19,21H2,(H2,29,30,31). The molecular formula is C26H37FNO3PS. The number of hydrogen-bond donors (Lipinski definition) is 3. The van der Waals surface area contributed by atoms with Crippen LogP contribution in [0.2, 0.25) is 0 Å². The van der Waals surface area contributed by atoms with Gasteiger partial charge in [-0.3, -0.25) is 4.57 Å². The van der Waals surface area contributed by atoms with Crippen LogP contribution in [0.15, 0.2) is 53.4 Å². The molecule has 7 heteroatoms. The molecule has 0 aliphatic heterocycles. The average molecular weight is 494 g/mol. The monoisotopic (exact) mass is 493 g/mol. The van der Waals surface area contributed by atoms with Gasteiger partial charge in [-0.25, -0.2) is 4.39 Å². The van der Waals surface area contributed by atoms with Crippen molar-refractivity contribution in [3.05, 3.63) is 65.5 Å². The Kier molecular flexibility index (Phi) is 10.5. The van der Waals surface area contributed by atoms with Crippen molar-refractivity contribution in [3.8, 4) is 0 Å². The first-order valence-corrected chi connectivity index (χ1v) is 14.9. The Morgan fingerprint density at radius 1 is 1.00 bits per heavy atom. The number of halogens is 1. The van der Waals surface area contributed by atoms with E-state index in [1.54, 1.807) is 17.8 Å².